The van der Waals surface area contributed by atoms with Crippen LogP contribution >= 0.6 is 0 Å². The van der Waals surface area contributed by atoms with Crippen molar-refractivity contribution >= 4 is 11.8 Å². The molecule has 2 rings (SSSR count). The lowest BCUT2D eigenvalue weighted by atomic mass is 10.1. The van der Waals surface area contributed by atoms with Gasteiger partial charge in [0.1, 0.15) is 0 Å². The molecular weight excluding hydrogens is 240 g/mol. The molecule has 0 saturated carbocycles. The smallest absolute Gasteiger partial charge is 0.247 e. The van der Waals surface area contributed by atoms with Gasteiger partial charge in [0.15, 0.2) is 5.82 Å². The minimum absolute atomic E-state index is 0.0196. The van der Waals surface area contributed by atoms with Crippen molar-refractivity contribution < 1.29 is 0 Å². The third kappa shape index (κ3) is 4.02. The van der Waals surface area contributed by atoms with E-state index in [-0.39, 0.29) is 5.54 Å². The predicted molar refractivity (Wildman–Crippen MR) is 77.5 cm³/mol. The van der Waals surface area contributed by atoms with Gasteiger partial charge in [-0.15, -0.1) is 5.10 Å². The van der Waals surface area contributed by atoms with Crippen molar-refractivity contribution in [2.24, 2.45) is 0 Å². The summed E-state index contributed by atoms with van der Waals surface area (Å²) in [6, 6.07) is 0. The van der Waals surface area contributed by atoms with E-state index in [9.17, 15) is 0 Å². The Hall–Kier alpha value is -1.43. The average Bonchev–Trinajstić information content (AvgIpc) is 2.37. The fraction of sp³-hybridized carbons (Fsp3) is 0.769. The molecule has 0 radical (unpaired) electrons. The number of hydrogen-bond acceptors (Lipinski definition) is 6. The van der Waals surface area contributed by atoms with Crippen LogP contribution in [0.3, 0.4) is 0 Å². The van der Waals surface area contributed by atoms with E-state index in [2.05, 4.69) is 58.0 Å². The van der Waals surface area contributed by atoms with E-state index >= 15 is 0 Å². The lowest BCUT2D eigenvalue weighted by Gasteiger charge is -2.33. The summed E-state index contributed by atoms with van der Waals surface area (Å²) in [6.45, 7) is 13.7. The summed E-state index contributed by atoms with van der Waals surface area (Å²) in [5, 5.41) is 11.5. The Morgan fingerprint density at radius 1 is 1.21 bits per heavy atom. The molecule has 2 heterocycles. The van der Waals surface area contributed by atoms with Gasteiger partial charge in [0, 0.05) is 31.7 Å². The highest BCUT2D eigenvalue weighted by molar-refractivity contribution is 5.40. The summed E-state index contributed by atoms with van der Waals surface area (Å²) in [5.74, 6) is 1.51. The highest BCUT2D eigenvalue weighted by Gasteiger charge is 2.19. The molecule has 1 N–H and O–H groups in total. The molecule has 1 saturated heterocycles. The van der Waals surface area contributed by atoms with Gasteiger partial charge in [0.2, 0.25) is 5.95 Å². The van der Waals surface area contributed by atoms with Crippen molar-refractivity contribution in [1.82, 2.24) is 20.1 Å². The van der Waals surface area contributed by atoms with E-state index in [1.807, 2.05) is 0 Å². The molecule has 19 heavy (non-hydrogen) atoms. The van der Waals surface area contributed by atoms with Crippen LogP contribution < -0.4 is 10.2 Å². The largest absolute Gasteiger partial charge is 0.364 e. The predicted octanol–water partition coefficient (Wildman–Crippen LogP) is 1.22. The van der Waals surface area contributed by atoms with Crippen LogP contribution in [0.25, 0.3) is 0 Å². The number of piperazine rings is 1. The monoisotopic (exact) mass is 264 g/mol. The molecule has 0 aliphatic carbocycles. The average molecular weight is 264 g/mol. The normalized spacial score (nSPS) is 17.6. The summed E-state index contributed by atoms with van der Waals surface area (Å²) in [7, 11) is 0. The van der Waals surface area contributed by atoms with E-state index < -0.39 is 0 Å². The molecule has 1 fully saturated rings. The number of anilines is 2. The SMILES string of the molecule is CCN1CCN(c2nncc(NC(C)(C)C)n2)CC1. The quantitative estimate of drug-likeness (QED) is 0.886. The second-order valence-corrected chi connectivity index (χ2v) is 5.94. The molecule has 6 nitrogen and oxygen atoms in total. The van der Waals surface area contributed by atoms with Crippen LogP contribution in [0.4, 0.5) is 11.8 Å². The van der Waals surface area contributed by atoms with E-state index in [1.54, 1.807) is 6.20 Å². The van der Waals surface area contributed by atoms with Crippen molar-refractivity contribution in [2.45, 2.75) is 33.2 Å². The van der Waals surface area contributed by atoms with Crippen LogP contribution in [0.1, 0.15) is 27.7 Å². The summed E-state index contributed by atoms with van der Waals surface area (Å²) in [4.78, 5) is 9.19. The Bertz CT molecular complexity index is 406. The van der Waals surface area contributed by atoms with Gasteiger partial charge in [0.25, 0.3) is 0 Å². The van der Waals surface area contributed by atoms with Gasteiger partial charge in [-0.2, -0.15) is 10.1 Å². The van der Waals surface area contributed by atoms with Crippen LogP contribution in [0.5, 0.6) is 0 Å². The standard InChI is InChI=1S/C13H24N6/c1-5-18-6-8-19(9-7-18)12-15-11(10-14-17-12)16-13(2,3)4/h10H,5-9H2,1-4H3,(H,15,16,17). The van der Waals surface area contributed by atoms with Crippen molar-refractivity contribution in [3.05, 3.63) is 6.20 Å². The van der Waals surface area contributed by atoms with Crippen LogP contribution in [0.15, 0.2) is 6.20 Å². The van der Waals surface area contributed by atoms with Crippen molar-refractivity contribution in [3.63, 3.8) is 0 Å². The Labute approximate surface area is 115 Å². The Kier molecular flexibility index (Phi) is 4.19. The molecule has 0 atom stereocenters. The first kappa shape index (κ1) is 14.0. The number of hydrogen-bond donors (Lipinski definition) is 1. The van der Waals surface area contributed by atoms with E-state index in [0.717, 1.165) is 44.5 Å². The molecule has 1 aromatic rings. The Morgan fingerprint density at radius 3 is 2.47 bits per heavy atom. The second kappa shape index (κ2) is 5.69. The van der Waals surface area contributed by atoms with Crippen molar-refractivity contribution in [3.8, 4) is 0 Å². The van der Waals surface area contributed by atoms with Crippen molar-refractivity contribution in [1.29, 1.82) is 0 Å². The molecule has 0 unspecified atom stereocenters. The zero-order valence-electron chi connectivity index (χ0n) is 12.3. The maximum atomic E-state index is 4.56. The first-order chi connectivity index (χ1) is 8.98. The third-order valence-corrected chi connectivity index (χ3v) is 3.15. The minimum Gasteiger partial charge on any atom is -0.364 e. The minimum atomic E-state index is -0.0196. The van der Waals surface area contributed by atoms with Gasteiger partial charge in [-0.3, -0.25) is 0 Å². The molecule has 0 amide bonds. The van der Waals surface area contributed by atoms with Crippen LogP contribution in [0, 0.1) is 0 Å². The molecule has 0 bridgehead atoms. The highest BCUT2D eigenvalue weighted by atomic mass is 15.4. The number of rotatable bonds is 3. The number of aromatic nitrogens is 3. The zero-order valence-corrected chi connectivity index (χ0v) is 12.3. The van der Waals surface area contributed by atoms with Crippen LogP contribution in [0.2, 0.25) is 0 Å². The molecule has 0 aromatic carbocycles. The van der Waals surface area contributed by atoms with Gasteiger partial charge in [0.05, 0.1) is 6.20 Å². The lowest BCUT2D eigenvalue weighted by Crippen LogP contribution is -2.46. The van der Waals surface area contributed by atoms with Crippen molar-refractivity contribution in [2.75, 3.05) is 42.9 Å². The van der Waals surface area contributed by atoms with Gasteiger partial charge in [-0.05, 0) is 27.3 Å². The van der Waals surface area contributed by atoms with Gasteiger partial charge in [-0.25, -0.2) is 0 Å². The van der Waals surface area contributed by atoms with Gasteiger partial charge < -0.3 is 15.1 Å². The first-order valence-corrected chi connectivity index (χ1v) is 6.93. The number of nitrogens with one attached hydrogen (secondary N) is 1. The molecule has 1 aliphatic heterocycles. The van der Waals surface area contributed by atoms with Gasteiger partial charge >= 0.3 is 0 Å². The second-order valence-electron chi connectivity index (χ2n) is 5.94. The fourth-order valence-corrected chi connectivity index (χ4v) is 2.14. The van der Waals surface area contributed by atoms with E-state index in [0.29, 0.717) is 0 Å². The maximum absolute atomic E-state index is 4.56. The van der Waals surface area contributed by atoms with E-state index in [4.69, 9.17) is 0 Å². The van der Waals surface area contributed by atoms with Gasteiger partial charge in [-0.1, -0.05) is 6.92 Å². The molecule has 0 spiro atoms. The zero-order chi connectivity index (χ0) is 13.9. The summed E-state index contributed by atoms with van der Waals surface area (Å²) < 4.78 is 0. The fourth-order valence-electron chi connectivity index (χ4n) is 2.14. The summed E-state index contributed by atoms with van der Waals surface area (Å²) >= 11 is 0. The number of likely N-dealkylation sites (N-methyl/N-ethyl adjacent to an activating group) is 1. The maximum Gasteiger partial charge on any atom is 0.247 e. The number of nitrogens with zero attached hydrogens (tertiary/aromatic N) is 5. The topological polar surface area (TPSA) is 57.2 Å². The highest BCUT2D eigenvalue weighted by Crippen LogP contribution is 2.15. The molecule has 1 aliphatic rings. The molecular formula is C13H24N6. The van der Waals surface area contributed by atoms with E-state index in [1.165, 1.54) is 0 Å². The molecule has 106 valence electrons. The Balaban J connectivity index is 2.03. The summed E-state index contributed by atoms with van der Waals surface area (Å²) in [6.07, 6.45) is 1.68. The summed E-state index contributed by atoms with van der Waals surface area (Å²) in [5.41, 5.74) is -0.0196. The van der Waals surface area contributed by atoms with Crippen LogP contribution in [-0.4, -0.2) is 58.3 Å². The van der Waals surface area contributed by atoms with Crippen LogP contribution in [-0.2, 0) is 0 Å². The Morgan fingerprint density at radius 2 is 1.89 bits per heavy atom. The lowest BCUT2D eigenvalue weighted by molar-refractivity contribution is 0.269. The molecule has 1 aromatic heterocycles. The molecule has 6 heteroatoms. The third-order valence-electron chi connectivity index (χ3n) is 3.15. The first-order valence-electron chi connectivity index (χ1n) is 6.93.